The Labute approximate surface area is 130 Å². The van der Waals surface area contributed by atoms with E-state index in [1.807, 2.05) is 24.1 Å². The van der Waals surface area contributed by atoms with Gasteiger partial charge in [-0.2, -0.15) is 0 Å². The quantitative estimate of drug-likeness (QED) is 0.851. The highest BCUT2D eigenvalue weighted by Crippen LogP contribution is 2.20. The number of nitrogens with zero attached hydrogens (tertiary/aromatic N) is 4. The van der Waals surface area contributed by atoms with E-state index in [0.29, 0.717) is 19.5 Å². The van der Waals surface area contributed by atoms with Crippen molar-refractivity contribution in [3.05, 3.63) is 23.9 Å². The van der Waals surface area contributed by atoms with E-state index in [4.69, 9.17) is 4.84 Å². The first-order chi connectivity index (χ1) is 10.7. The zero-order valence-corrected chi connectivity index (χ0v) is 13.2. The lowest BCUT2D eigenvalue weighted by molar-refractivity contribution is -0.142. The van der Waals surface area contributed by atoms with Crippen LogP contribution in [0.5, 0.6) is 0 Å². The second-order valence-corrected chi connectivity index (χ2v) is 5.77. The molecule has 1 aromatic rings. The Bertz CT molecular complexity index is 579. The van der Waals surface area contributed by atoms with Crippen molar-refractivity contribution < 1.29 is 9.63 Å². The van der Waals surface area contributed by atoms with Crippen LogP contribution in [0.25, 0.3) is 0 Å². The number of aromatic nitrogens is 1. The van der Waals surface area contributed by atoms with Gasteiger partial charge in [0.1, 0.15) is 5.82 Å². The van der Waals surface area contributed by atoms with E-state index >= 15 is 0 Å². The third-order valence-corrected chi connectivity index (χ3v) is 4.29. The Hall–Kier alpha value is -2.11. The van der Waals surface area contributed by atoms with Crippen LogP contribution in [0.15, 0.2) is 23.5 Å². The predicted molar refractivity (Wildman–Crippen MR) is 85.0 cm³/mol. The summed E-state index contributed by atoms with van der Waals surface area (Å²) >= 11 is 0. The predicted octanol–water partition coefficient (Wildman–Crippen LogP) is 1.59. The largest absolute Gasteiger partial charge is 0.382 e. The molecule has 1 fully saturated rings. The lowest BCUT2D eigenvalue weighted by atomic mass is 10.1. The molecule has 0 bridgehead atoms. The summed E-state index contributed by atoms with van der Waals surface area (Å²) in [4.78, 5) is 26.3. The first kappa shape index (κ1) is 14.8. The van der Waals surface area contributed by atoms with Gasteiger partial charge in [0.2, 0.25) is 6.10 Å². The molecule has 6 nitrogen and oxygen atoms in total. The number of aryl methyl sites for hydroxylation is 1. The van der Waals surface area contributed by atoms with Crippen molar-refractivity contribution in [2.24, 2.45) is 5.16 Å². The lowest BCUT2D eigenvalue weighted by Crippen LogP contribution is -2.51. The number of pyridine rings is 1. The van der Waals surface area contributed by atoms with Crippen molar-refractivity contribution in [1.29, 1.82) is 0 Å². The van der Waals surface area contributed by atoms with Gasteiger partial charge in [0.25, 0.3) is 5.91 Å². The average Bonchev–Trinajstić information content (AvgIpc) is 3.04. The fourth-order valence-corrected chi connectivity index (χ4v) is 2.92. The number of amides is 1. The summed E-state index contributed by atoms with van der Waals surface area (Å²) in [6.07, 6.45) is 2.87. The Balaban J connectivity index is 1.56. The van der Waals surface area contributed by atoms with Crippen LogP contribution in [0.4, 0.5) is 5.82 Å². The maximum atomic E-state index is 12.5. The summed E-state index contributed by atoms with van der Waals surface area (Å²) in [5.41, 5.74) is 2.14. The van der Waals surface area contributed by atoms with Gasteiger partial charge in [0.05, 0.1) is 5.71 Å². The third kappa shape index (κ3) is 2.91. The number of anilines is 1. The van der Waals surface area contributed by atoms with Crippen molar-refractivity contribution in [3.63, 3.8) is 0 Å². The van der Waals surface area contributed by atoms with Gasteiger partial charge in [-0.15, -0.1) is 0 Å². The van der Waals surface area contributed by atoms with Gasteiger partial charge >= 0.3 is 0 Å². The molecular weight excluding hydrogens is 280 g/mol. The van der Waals surface area contributed by atoms with E-state index in [1.165, 1.54) is 5.56 Å². The van der Waals surface area contributed by atoms with E-state index in [1.54, 1.807) is 0 Å². The monoisotopic (exact) mass is 302 g/mol. The second kappa shape index (κ2) is 6.34. The van der Waals surface area contributed by atoms with Crippen LogP contribution >= 0.6 is 0 Å². The molecule has 0 aromatic carbocycles. The van der Waals surface area contributed by atoms with Crippen LogP contribution in [-0.4, -0.2) is 53.8 Å². The highest BCUT2D eigenvalue weighted by atomic mass is 16.6. The second-order valence-electron chi connectivity index (χ2n) is 5.77. The number of hydrogen-bond donors (Lipinski definition) is 0. The summed E-state index contributed by atoms with van der Waals surface area (Å²) in [7, 11) is 0. The summed E-state index contributed by atoms with van der Waals surface area (Å²) in [5.74, 6) is 1.08. The molecule has 1 atom stereocenters. The molecule has 3 heterocycles. The van der Waals surface area contributed by atoms with Gasteiger partial charge < -0.3 is 14.6 Å². The first-order valence-corrected chi connectivity index (χ1v) is 7.86. The Morgan fingerprint density at radius 2 is 2.14 bits per heavy atom. The van der Waals surface area contributed by atoms with Crippen LogP contribution in [0.1, 0.15) is 25.3 Å². The highest BCUT2D eigenvalue weighted by Gasteiger charge is 2.33. The van der Waals surface area contributed by atoms with E-state index < -0.39 is 6.10 Å². The minimum Gasteiger partial charge on any atom is -0.382 e. The molecule has 0 radical (unpaired) electrons. The maximum Gasteiger partial charge on any atom is 0.267 e. The van der Waals surface area contributed by atoms with Crippen molar-refractivity contribution in [2.45, 2.75) is 32.8 Å². The van der Waals surface area contributed by atoms with Crippen molar-refractivity contribution in [1.82, 2.24) is 9.88 Å². The molecule has 6 heteroatoms. The van der Waals surface area contributed by atoms with Gasteiger partial charge in [-0.3, -0.25) is 4.79 Å². The van der Waals surface area contributed by atoms with Crippen LogP contribution in [0, 0.1) is 6.92 Å². The first-order valence-electron chi connectivity index (χ1n) is 7.86. The number of piperazine rings is 1. The molecule has 1 amide bonds. The molecule has 1 saturated heterocycles. The van der Waals surface area contributed by atoms with Crippen LogP contribution in [0.2, 0.25) is 0 Å². The van der Waals surface area contributed by atoms with E-state index in [-0.39, 0.29) is 5.91 Å². The molecule has 0 spiro atoms. The average molecular weight is 302 g/mol. The molecule has 0 unspecified atom stereocenters. The molecular formula is C16H22N4O2. The zero-order chi connectivity index (χ0) is 15.5. The summed E-state index contributed by atoms with van der Waals surface area (Å²) < 4.78 is 0. The van der Waals surface area contributed by atoms with Crippen LogP contribution in [-0.2, 0) is 9.63 Å². The molecule has 0 N–H and O–H groups in total. The molecule has 2 aliphatic heterocycles. The number of rotatable bonds is 3. The highest BCUT2D eigenvalue weighted by molar-refractivity contribution is 5.92. The molecule has 118 valence electrons. The molecule has 22 heavy (non-hydrogen) atoms. The van der Waals surface area contributed by atoms with Crippen LogP contribution in [0.3, 0.4) is 0 Å². The normalized spacial score (nSPS) is 21.5. The topological polar surface area (TPSA) is 58.0 Å². The summed E-state index contributed by atoms with van der Waals surface area (Å²) in [6.45, 7) is 7.11. The van der Waals surface area contributed by atoms with Gasteiger partial charge in [-0.25, -0.2) is 4.98 Å². The number of hydrogen-bond acceptors (Lipinski definition) is 5. The molecule has 2 aliphatic rings. The Kier molecular flexibility index (Phi) is 4.27. The molecule has 1 aromatic heterocycles. The Morgan fingerprint density at radius 3 is 2.77 bits per heavy atom. The van der Waals surface area contributed by atoms with E-state index in [2.05, 4.69) is 28.0 Å². The SMILES string of the molecule is CCC1=NO[C@@H](C(=O)N2CCN(c3ncccc3C)CC2)C1. The van der Waals surface area contributed by atoms with E-state index in [0.717, 1.165) is 31.0 Å². The smallest absolute Gasteiger partial charge is 0.267 e. The van der Waals surface area contributed by atoms with Crippen molar-refractivity contribution in [2.75, 3.05) is 31.1 Å². The van der Waals surface area contributed by atoms with Gasteiger partial charge in [-0.1, -0.05) is 18.1 Å². The Morgan fingerprint density at radius 1 is 1.36 bits per heavy atom. The third-order valence-electron chi connectivity index (χ3n) is 4.29. The fourth-order valence-electron chi connectivity index (χ4n) is 2.92. The fraction of sp³-hybridized carbons (Fsp3) is 0.562. The van der Waals surface area contributed by atoms with E-state index in [9.17, 15) is 4.79 Å². The summed E-state index contributed by atoms with van der Waals surface area (Å²) in [6, 6.07) is 4.01. The van der Waals surface area contributed by atoms with Gasteiger partial charge in [0, 0.05) is 38.8 Å². The summed E-state index contributed by atoms with van der Waals surface area (Å²) in [5, 5.41) is 3.97. The zero-order valence-electron chi connectivity index (χ0n) is 13.2. The number of carbonyl (C=O) groups is 1. The molecule has 0 aliphatic carbocycles. The van der Waals surface area contributed by atoms with Crippen molar-refractivity contribution in [3.8, 4) is 0 Å². The van der Waals surface area contributed by atoms with Gasteiger partial charge in [-0.05, 0) is 25.0 Å². The minimum absolute atomic E-state index is 0.0598. The molecule has 3 rings (SSSR count). The lowest BCUT2D eigenvalue weighted by Gasteiger charge is -2.36. The molecule has 0 saturated carbocycles. The maximum absolute atomic E-state index is 12.5. The van der Waals surface area contributed by atoms with Crippen molar-refractivity contribution >= 4 is 17.4 Å². The standard InChI is InChI=1S/C16H22N4O2/c1-3-13-11-14(22-18-13)16(21)20-9-7-19(8-10-20)15-12(2)5-4-6-17-15/h4-6,14H,3,7-11H2,1-2H3/t14-/m1/s1. The minimum atomic E-state index is -0.418. The van der Waals surface area contributed by atoms with Crippen LogP contribution < -0.4 is 4.90 Å². The number of oxime groups is 1. The number of carbonyl (C=O) groups excluding carboxylic acids is 1. The van der Waals surface area contributed by atoms with Gasteiger partial charge in [0.15, 0.2) is 0 Å².